The molecule has 0 fully saturated rings. The molecule has 1 amide bonds. The van der Waals surface area contributed by atoms with Gasteiger partial charge in [0.2, 0.25) is 0 Å². The molecular weight excluding hydrogens is 270 g/mol. The van der Waals surface area contributed by atoms with Crippen LogP contribution in [0.4, 0.5) is 0 Å². The standard InChI is InChI=1S/C16H19NO2S/c1-3-20-10-11(2)17-16(19)14-9-8-12-6-4-5-7-13(12)15(14)18/h4-9,11,18H,3,10H2,1-2H3,(H,17,19). The van der Waals surface area contributed by atoms with Gasteiger partial charge in [-0.2, -0.15) is 11.8 Å². The molecular formula is C16H19NO2S. The average Bonchev–Trinajstić information content (AvgIpc) is 2.45. The van der Waals surface area contributed by atoms with E-state index in [4.69, 9.17) is 0 Å². The summed E-state index contributed by atoms with van der Waals surface area (Å²) in [6, 6.07) is 11.1. The van der Waals surface area contributed by atoms with Crippen molar-refractivity contribution in [3.8, 4) is 5.75 Å². The molecule has 0 saturated heterocycles. The van der Waals surface area contributed by atoms with E-state index < -0.39 is 0 Å². The SMILES string of the molecule is CCSCC(C)NC(=O)c1ccc2ccccc2c1O. The number of phenolic OH excluding ortho intramolecular Hbond substituents is 1. The summed E-state index contributed by atoms with van der Waals surface area (Å²) in [7, 11) is 0. The van der Waals surface area contributed by atoms with Crippen molar-refractivity contribution in [3.05, 3.63) is 42.0 Å². The Morgan fingerprint density at radius 3 is 2.80 bits per heavy atom. The summed E-state index contributed by atoms with van der Waals surface area (Å²) < 4.78 is 0. The van der Waals surface area contributed by atoms with E-state index in [1.165, 1.54) is 0 Å². The number of phenols is 1. The third-order valence-electron chi connectivity index (χ3n) is 3.09. The van der Waals surface area contributed by atoms with E-state index >= 15 is 0 Å². The van der Waals surface area contributed by atoms with Crippen LogP contribution >= 0.6 is 11.8 Å². The molecule has 0 saturated carbocycles. The molecule has 0 aliphatic carbocycles. The van der Waals surface area contributed by atoms with Crippen LogP contribution in [-0.4, -0.2) is 28.6 Å². The van der Waals surface area contributed by atoms with Gasteiger partial charge in [-0.05, 0) is 24.1 Å². The van der Waals surface area contributed by atoms with Crippen LogP contribution in [0.5, 0.6) is 5.75 Å². The molecule has 0 aliphatic heterocycles. The second-order valence-electron chi connectivity index (χ2n) is 4.72. The third-order valence-corrected chi connectivity index (χ3v) is 4.24. The zero-order valence-corrected chi connectivity index (χ0v) is 12.5. The van der Waals surface area contributed by atoms with E-state index in [2.05, 4.69) is 12.2 Å². The second-order valence-corrected chi connectivity index (χ2v) is 6.04. The van der Waals surface area contributed by atoms with Crippen LogP contribution < -0.4 is 5.32 Å². The fourth-order valence-electron chi connectivity index (χ4n) is 2.08. The maximum Gasteiger partial charge on any atom is 0.255 e. The summed E-state index contributed by atoms with van der Waals surface area (Å²) in [5.41, 5.74) is 0.331. The number of carbonyl (C=O) groups is 1. The van der Waals surface area contributed by atoms with Crippen LogP contribution in [0.1, 0.15) is 24.2 Å². The first-order valence-corrected chi connectivity index (χ1v) is 7.88. The Hall–Kier alpha value is -1.68. The number of aromatic hydroxyl groups is 1. The second kappa shape index (κ2) is 6.66. The Balaban J connectivity index is 2.20. The van der Waals surface area contributed by atoms with Crippen molar-refractivity contribution in [1.82, 2.24) is 5.32 Å². The molecule has 3 nitrogen and oxygen atoms in total. The normalized spacial score (nSPS) is 12.3. The lowest BCUT2D eigenvalue weighted by molar-refractivity contribution is 0.0941. The molecule has 4 heteroatoms. The Morgan fingerprint density at radius 2 is 2.05 bits per heavy atom. The monoisotopic (exact) mass is 289 g/mol. The molecule has 0 aromatic heterocycles. The molecule has 2 aromatic carbocycles. The lowest BCUT2D eigenvalue weighted by atomic mass is 10.0. The van der Waals surface area contributed by atoms with Crippen molar-refractivity contribution in [2.45, 2.75) is 19.9 Å². The first kappa shape index (κ1) is 14.7. The quantitative estimate of drug-likeness (QED) is 0.886. The van der Waals surface area contributed by atoms with Crippen molar-refractivity contribution in [2.75, 3.05) is 11.5 Å². The molecule has 0 spiro atoms. The molecule has 0 heterocycles. The smallest absolute Gasteiger partial charge is 0.255 e. The number of carbonyl (C=O) groups excluding carboxylic acids is 1. The maximum atomic E-state index is 12.2. The molecule has 20 heavy (non-hydrogen) atoms. The third kappa shape index (κ3) is 3.25. The van der Waals surface area contributed by atoms with Crippen molar-refractivity contribution in [2.24, 2.45) is 0 Å². The fourth-order valence-corrected chi connectivity index (χ4v) is 2.75. The van der Waals surface area contributed by atoms with Crippen molar-refractivity contribution < 1.29 is 9.90 Å². The van der Waals surface area contributed by atoms with Crippen molar-refractivity contribution in [1.29, 1.82) is 0 Å². The number of fused-ring (bicyclic) bond motifs is 1. The molecule has 2 rings (SSSR count). The zero-order valence-electron chi connectivity index (χ0n) is 11.7. The number of rotatable bonds is 5. The van der Waals surface area contributed by atoms with E-state index in [-0.39, 0.29) is 17.7 Å². The highest BCUT2D eigenvalue weighted by atomic mass is 32.2. The first-order valence-electron chi connectivity index (χ1n) is 6.72. The van der Waals surface area contributed by atoms with Gasteiger partial charge in [-0.1, -0.05) is 37.3 Å². The van der Waals surface area contributed by atoms with Gasteiger partial charge in [0, 0.05) is 17.2 Å². The predicted octanol–water partition coefficient (Wildman–Crippen LogP) is 3.42. The fraction of sp³-hybridized carbons (Fsp3) is 0.312. The molecule has 2 N–H and O–H groups in total. The van der Waals surface area contributed by atoms with Gasteiger partial charge in [-0.15, -0.1) is 0 Å². The highest BCUT2D eigenvalue weighted by molar-refractivity contribution is 7.99. The Kier molecular flexibility index (Phi) is 4.90. The molecule has 1 unspecified atom stereocenters. The van der Waals surface area contributed by atoms with Gasteiger partial charge in [0.25, 0.3) is 5.91 Å². The average molecular weight is 289 g/mol. The van der Waals surface area contributed by atoms with Gasteiger partial charge in [0.05, 0.1) is 5.56 Å². The number of benzene rings is 2. The highest BCUT2D eigenvalue weighted by Crippen LogP contribution is 2.28. The molecule has 0 aliphatic rings. The van der Waals surface area contributed by atoms with E-state index in [9.17, 15) is 9.90 Å². The summed E-state index contributed by atoms with van der Waals surface area (Å²) >= 11 is 1.78. The van der Waals surface area contributed by atoms with Gasteiger partial charge < -0.3 is 10.4 Å². The maximum absolute atomic E-state index is 12.2. The minimum atomic E-state index is -0.225. The summed E-state index contributed by atoms with van der Waals surface area (Å²) in [5, 5.41) is 14.8. The highest BCUT2D eigenvalue weighted by Gasteiger charge is 2.15. The zero-order chi connectivity index (χ0) is 14.5. The van der Waals surface area contributed by atoms with E-state index in [1.54, 1.807) is 17.8 Å². The Labute approximate surface area is 123 Å². The van der Waals surface area contributed by atoms with Crippen molar-refractivity contribution >= 4 is 28.4 Å². The van der Waals surface area contributed by atoms with Crippen LogP contribution in [0.25, 0.3) is 10.8 Å². The van der Waals surface area contributed by atoms with Gasteiger partial charge in [-0.25, -0.2) is 0 Å². The summed E-state index contributed by atoms with van der Waals surface area (Å²) in [6.45, 7) is 4.06. The Morgan fingerprint density at radius 1 is 1.30 bits per heavy atom. The number of amides is 1. The van der Waals surface area contributed by atoms with Crippen LogP contribution in [0.3, 0.4) is 0 Å². The number of hydrogen-bond donors (Lipinski definition) is 2. The molecule has 2 aromatic rings. The minimum absolute atomic E-state index is 0.0518. The summed E-state index contributed by atoms with van der Waals surface area (Å²) in [4.78, 5) is 12.2. The summed E-state index contributed by atoms with van der Waals surface area (Å²) in [6.07, 6.45) is 0. The van der Waals surface area contributed by atoms with Gasteiger partial charge in [-0.3, -0.25) is 4.79 Å². The van der Waals surface area contributed by atoms with Crippen LogP contribution in [0.15, 0.2) is 36.4 Å². The molecule has 106 valence electrons. The predicted molar refractivity (Wildman–Crippen MR) is 85.5 cm³/mol. The lowest BCUT2D eigenvalue weighted by Crippen LogP contribution is -2.34. The number of hydrogen-bond acceptors (Lipinski definition) is 3. The van der Waals surface area contributed by atoms with Crippen LogP contribution in [0, 0.1) is 0 Å². The van der Waals surface area contributed by atoms with Gasteiger partial charge in [0.1, 0.15) is 5.75 Å². The summed E-state index contributed by atoms with van der Waals surface area (Å²) in [5.74, 6) is 1.73. The van der Waals surface area contributed by atoms with E-state index in [0.29, 0.717) is 10.9 Å². The van der Waals surface area contributed by atoms with Crippen LogP contribution in [0.2, 0.25) is 0 Å². The van der Waals surface area contributed by atoms with E-state index in [0.717, 1.165) is 16.9 Å². The first-order chi connectivity index (χ1) is 9.63. The number of thioether (sulfide) groups is 1. The van der Waals surface area contributed by atoms with Gasteiger partial charge in [0.15, 0.2) is 0 Å². The van der Waals surface area contributed by atoms with Gasteiger partial charge >= 0.3 is 0 Å². The molecule has 1 atom stereocenters. The van der Waals surface area contributed by atoms with Crippen LogP contribution in [-0.2, 0) is 0 Å². The minimum Gasteiger partial charge on any atom is -0.506 e. The molecule has 0 radical (unpaired) electrons. The Bertz CT molecular complexity index is 612. The van der Waals surface area contributed by atoms with Crippen molar-refractivity contribution in [3.63, 3.8) is 0 Å². The molecule has 0 bridgehead atoms. The lowest BCUT2D eigenvalue weighted by Gasteiger charge is -2.14. The van der Waals surface area contributed by atoms with E-state index in [1.807, 2.05) is 37.3 Å². The largest absolute Gasteiger partial charge is 0.506 e. The number of nitrogens with one attached hydrogen (secondary N) is 1. The topological polar surface area (TPSA) is 49.3 Å².